The van der Waals surface area contributed by atoms with Gasteiger partial charge in [-0.1, -0.05) is 6.08 Å². The standard InChI is InChI=1S/C10H10N2OS/c1-5-6-2-3-12(5)10-8(6)7(4-14-10)9(11)13/h2-6H,1H3,(H2,11,13). The fourth-order valence-corrected chi connectivity index (χ4v) is 3.51. The summed E-state index contributed by atoms with van der Waals surface area (Å²) in [6.07, 6.45) is 4.24. The molecule has 3 rings (SSSR count). The molecule has 2 bridgehead atoms. The van der Waals surface area contributed by atoms with Gasteiger partial charge >= 0.3 is 0 Å². The van der Waals surface area contributed by atoms with Crippen LogP contribution in [0.4, 0.5) is 5.00 Å². The van der Waals surface area contributed by atoms with Crippen LogP contribution in [0.25, 0.3) is 0 Å². The summed E-state index contributed by atoms with van der Waals surface area (Å²) in [5.74, 6) is 0.0515. The number of thiophene rings is 1. The van der Waals surface area contributed by atoms with E-state index in [1.54, 1.807) is 11.3 Å². The lowest BCUT2D eigenvalue weighted by Gasteiger charge is -2.14. The van der Waals surface area contributed by atoms with E-state index in [2.05, 4.69) is 24.1 Å². The van der Waals surface area contributed by atoms with Gasteiger partial charge in [0.05, 0.1) is 10.6 Å². The lowest BCUT2D eigenvalue weighted by molar-refractivity contribution is 0.1000. The number of rotatable bonds is 1. The molecule has 3 heterocycles. The molecule has 0 saturated carbocycles. The summed E-state index contributed by atoms with van der Waals surface area (Å²) in [7, 11) is 0. The van der Waals surface area contributed by atoms with Crippen molar-refractivity contribution >= 4 is 22.2 Å². The highest BCUT2D eigenvalue weighted by molar-refractivity contribution is 7.14. The van der Waals surface area contributed by atoms with Crippen molar-refractivity contribution in [1.82, 2.24) is 0 Å². The SMILES string of the molecule is CC1C2C=CN1c1scc(C(N)=O)c12. The third-order valence-corrected chi connectivity index (χ3v) is 4.06. The Morgan fingerprint density at radius 1 is 1.64 bits per heavy atom. The molecule has 0 aliphatic carbocycles. The lowest BCUT2D eigenvalue weighted by Crippen LogP contribution is -2.20. The van der Waals surface area contributed by atoms with Crippen LogP contribution in [-0.4, -0.2) is 11.9 Å². The highest BCUT2D eigenvalue weighted by Crippen LogP contribution is 2.51. The van der Waals surface area contributed by atoms with E-state index in [1.165, 1.54) is 5.00 Å². The first-order valence-electron chi connectivity index (χ1n) is 4.58. The molecule has 1 amide bonds. The minimum absolute atomic E-state index is 0.308. The van der Waals surface area contributed by atoms with Gasteiger partial charge in [0.15, 0.2) is 0 Å². The maximum atomic E-state index is 11.2. The van der Waals surface area contributed by atoms with Crippen LogP contribution < -0.4 is 10.6 Å². The molecule has 72 valence electrons. The van der Waals surface area contributed by atoms with E-state index in [1.807, 2.05) is 5.38 Å². The van der Waals surface area contributed by atoms with Crippen LogP contribution in [0.5, 0.6) is 0 Å². The van der Waals surface area contributed by atoms with Crippen molar-refractivity contribution in [3.8, 4) is 0 Å². The minimum Gasteiger partial charge on any atom is -0.366 e. The number of anilines is 1. The van der Waals surface area contributed by atoms with Crippen molar-refractivity contribution in [2.24, 2.45) is 5.73 Å². The van der Waals surface area contributed by atoms with E-state index in [-0.39, 0.29) is 5.91 Å². The number of amides is 1. The van der Waals surface area contributed by atoms with Gasteiger partial charge in [0.1, 0.15) is 0 Å². The summed E-state index contributed by atoms with van der Waals surface area (Å²) in [6.45, 7) is 2.17. The number of hydrogen-bond acceptors (Lipinski definition) is 3. The van der Waals surface area contributed by atoms with Crippen LogP contribution in [0.2, 0.25) is 0 Å². The Morgan fingerprint density at radius 2 is 2.43 bits per heavy atom. The molecular formula is C10H10N2OS. The molecule has 2 unspecified atom stereocenters. The fourth-order valence-electron chi connectivity index (χ4n) is 2.31. The van der Waals surface area contributed by atoms with Gasteiger partial charge in [-0.3, -0.25) is 4.79 Å². The van der Waals surface area contributed by atoms with Crippen molar-refractivity contribution in [3.63, 3.8) is 0 Å². The summed E-state index contributed by atoms with van der Waals surface area (Å²) in [6, 6.07) is 0.454. The second-order valence-corrected chi connectivity index (χ2v) is 4.61. The molecule has 0 radical (unpaired) electrons. The van der Waals surface area contributed by atoms with E-state index in [4.69, 9.17) is 5.73 Å². The van der Waals surface area contributed by atoms with Crippen LogP contribution in [-0.2, 0) is 0 Å². The van der Waals surface area contributed by atoms with Gasteiger partial charge in [0.2, 0.25) is 5.91 Å². The maximum Gasteiger partial charge on any atom is 0.249 e. The third-order valence-electron chi connectivity index (χ3n) is 3.05. The number of carbonyl (C=O) groups is 1. The molecule has 2 aliphatic rings. The first-order chi connectivity index (χ1) is 6.70. The minimum atomic E-state index is -0.308. The first-order valence-corrected chi connectivity index (χ1v) is 5.46. The molecule has 2 aliphatic heterocycles. The van der Waals surface area contributed by atoms with Crippen LogP contribution in [0.3, 0.4) is 0 Å². The predicted octanol–water partition coefficient (Wildman–Crippen LogP) is 1.67. The van der Waals surface area contributed by atoms with Crippen LogP contribution in [0.1, 0.15) is 28.8 Å². The van der Waals surface area contributed by atoms with Crippen LogP contribution in [0.15, 0.2) is 17.7 Å². The summed E-state index contributed by atoms with van der Waals surface area (Å²) in [5, 5.41) is 3.06. The molecule has 0 aromatic carbocycles. The molecular weight excluding hydrogens is 196 g/mol. The van der Waals surface area contributed by atoms with E-state index < -0.39 is 0 Å². The summed E-state index contributed by atoms with van der Waals surface area (Å²) < 4.78 is 0. The average Bonchev–Trinajstić information content (AvgIpc) is 2.75. The van der Waals surface area contributed by atoms with E-state index >= 15 is 0 Å². The molecule has 1 aromatic heterocycles. The highest BCUT2D eigenvalue weighted by atomic mass is 32.1. The summed E-state index contributed by atoms with van der Waals surface area (Å²) in [4.78, 5) is 13.4. The number of nitrogens with two attached hydrogens (primary N) is 1. The Hall–Kier alpha value is -1.29. The maximum absolute atomic E-state index is 11.2. The van der Waals surface area contributed by atoms with Gasteiger partial charge in [0, 0.05) is 29.1 Å². The van der Waals surface area contributed by atoms with Crippen molar-refractivity contribution in [1.29, 1.82) is 0 Å². The average molecular weight is 206 g/mol. The van der Waals surface area contributed by atoms with Gasteiger partial charge in [-0.05, 0) is 6.92 Å². The molecule has 0 fully saturated rings. The van der Waals surface area contributed by atoms with E-state index in [9.17, 15) is 4.79 Å². The largest absolute Gasteiger partial charge is 0.366 e. The highest BCUT2D eigenvalue weighted by Gasteiger charge is 2.41. The molecule has 2 atom stereocenters. The molecule has 0 spiro atoms. The fraction of sp³-hybridized carbons (Fsp3) is 0.300. The molecule has 1 aromatic rings. The Balaban J connectivity index is 2.20. The monoisotopic (exact) mass is 206 g/mol. The molecule has 4 heteroatoms. The number of hydrogen-bond donors (Lipinski definition) is 1. The van der Waals surface area contributed by atoms with Gasteiger partial charge in [-0.25, -0.2) is 0 Å². The lowest BCUT2D eigenvalue weighted by atomic mass is 9.95. The Labute approximate surface area is 85.8 Å². The van der Waals surface area contributed by atoms with E-state index in [0.717, 1.165) is 5.56 Å². The molecule has 14 heavy (non-hydrogen) atoms. The van der Waals surface area contributed by atoms with Crippen LogP contribution in [0, 0.1) is 0 Å². The zero-order valence-electron chi connectivity index (χ0n) is 7.73. The third kappa shape index (κ3) is 0.749. The smallest absolute Gasteiger partial charge is 0.249 e. The molecule has 2 N–H and O–H groups in total. The second-order valence-electron chi connectivity index (χ2n) is 3.75. The van der Waals surface area contributed by atoms with Gasteiger partial charge in [-0.2, -0.15) is 0 Å². The predicted molar refractivity (Wildman–Crippen MR) is 56.7 cm³/mol. The topological polar surface area (TPSA) is 46.3 Å². The van der Waals surface area contributed by atoms with Crippen molar-refractivity contribution < 1.29 is 4.79 Å². The Kier molecular flexibility index (Phi) is 1.37. The number of primary amides is 1. The molecule has 0 saturated heterocycles. The number of nitrogens with zero attached hydrogens (tertiary/aromatic N) is 1. The quantitative estimate of drug-likeness (QED) is 0.759. The Bertz CT molecular complexity index is 449. The number of carbonyl (C=O) groups excluding carboxylic acids is 1. The molecule has 3 nitrogen and oxygen atoms in total. The van der Waals surface area contributed by atoms with Crippen molar-refractivity contribution in [2.45, 2.75) is 18.9 Å². The summed E-state index contributed by atoms with van der Waals surface area (Å²) >= 11 is 1.61. The van der Waals surface area contributed by atoms with Gasteiger partial charge in [-0.15, -0.1) is 11.3 Å². The van der Waals surface area contributed by atoms with Crippen LogP contribution >= 0.6 is 11.3 Å². The first kappa shape index (κ1) is 8.05. The number of fused-ring (bicyclic) bond motifs is 5. The summed E-state index contributed by atoms with van der Waals surface area (Å²) in [5.41, 5.74) is 7.17. The van der Waals surface area contributed by atoms with E-state index in [0.29, 0.717) is 17.5 Å². The zero-order chi connectivity index (χ0) is 9.87. The normalized spacial score (nSPS) is 27.1. The second kappa shape index (κ2) is 2.39. The van der Waals surface area contributed by atoms with Crippen molar-refractivity contribution in [3.05, 3.63) is 28.8 Å². The Morgan fingerprint density at radius 3 is 3.14 bits per heavy atom. The van der Waals surface area contributed by atoms with Crippen molar-refractivity contribution in [2.75, 3.05) is 4.90 Å². The van der Waals surface area contributed by atoms with Gasteiger partial charge < -0.3 is 10.6 Å². The zero-order valence-corrected chi connectivity index (χ0v) is 8.54. The van der Waals surface area contributed by atoms with Gasteiger partial charge in [0.25, 0.3) is 0 Å².